The summed E-state index contributed by atoms with van der Waals surface area (Å²) in [5.41, 5.74) is 4.80. The van der Waals surface area contributed by atoms with E-state index in [4.69, 9.17) is 26.3 Å². The Morgan fingerprint density at radius 1 is 0.925 bits per heavy atom. The van der Waals surface area contributed by atoms with Crippen molar-refractivity contribution in [2.75, 3.05) is 38.2 Å². The number of amides is 1. The molecule has 0 atom stereocenters. The largest absolute Gasteiger partial charge is 0.497 e. The maximum atomic E-state index is 13.0. The number of nitrogens with zero attached hydrogens (tertiary/aromatic N) is 5. The van der Waals surface area contributed by atoms with E-state index >= 15 is 0 Å². The lowest BCUT2D eigenvalue weighted by molar-refractivity contribution is -0.126. The van der Waals surface area contributed by atoms with Crippen LogP contribution in [0.15, 0.2) is 97.5 Å². The van der Waals surface area contributed by atoms with E-state index in [1.54, 1.807) is 19.5 Å². The van der Waals surface area contributed by atoms with Crippen LogP contribution in [0.3, 0.4) is 0 Å². The normalized spacial score (nSPS) is 13.8. The van der Waals surface area contributed by atoms with Gasteiger partial charge in [-0.25, -0.2) is 9.97 Å². The number of fused-ring (bicyclic) bond motifs is 1. The number of carbonyl (C=O) groups is 1. The Morgan fingerprint density at radius 3 is 2.50 bits per heavy atom. The van der Waals surface area contributed by atoms with Crippen molar-refractivity contribution in [2.24, 2.45) is 0 Å². The Hall–Kier alpha value is -4.62. The molecule has 0 saturated carbocycles. The summed E-state index contributed by atoms with van der Waals surface area (Å²) in [6, 6.07) is 25.7. The second-order valence-electron chi connectivity index (χ2n) is 9.58. The smallest absolute Gasteiger partial charge is 0.246 e. The number of hydrogen-bond acceptors (Lipinski definition) is 5. The Labute approximate surface area is 237 Å². The molecule has 0 aliphatic carbocycles. The molecule has 200 valence electrons. The zero-order valence-electron chi connectivity index (χ0n) is 22.1. The van der Waals surface area contributed by atoms with Crippen LogP contribution in [-0.2, 0) is 4.79 Å². The molecule has 3 heterocycles. The van der Waals surface area contributed by atoms with Crippen LogP contribution in [0.5, 0.6) is 5.75 Å². The van der Waals surface area contributed by atoms with E-state index in [9.17, 15) is 4.79 Å². The molecule has 3 aromatic carbocycles. The molecule has 0 spiro atoms. The lowest BCUT2D eigenvalue weighted by Crippen LogP contribution is -2.48. The Morgan fingerprint density at radius 2 is 1.73 bits per heavy atom. The Kier molecular flexibility index (Phi) is 7.21. The van der Waals surface area contributed by atoms with E-state index in [-0.39, 0.29) is 5.91 Å². The fourth-order valence-corrected chi connectivity index (χ4v) is 5.29. The quantitative estimate of drug-likeness (QED) is 0.239. The second kappa shape index (κ2) is 11.2. The molecule has 1 amide bonds. The van der Waals surface area contributed by atoms with Gasteiger partial charge in [0.25, 0.3) is 0 Å². The third-order valence-electron chi connectivity index (χ3n) is 7.14. The van der Waals surface area contributed by atoms with Gasteiger partial charge in [0.15, 0.2) is 5.65 Å². The minimum absolute atomic E-state index is 0.00705. The van der Waals surface area contributed by atoms with Gasteiger partial charge in [-0.1, -0.05) is 60.1 Å². The third kappa shape index (κ3) is 5.16. The van der Waals surface area contributed by atoms with Crippen LogP contribution < -0.4 is 9.64 Å². The highest BCUT2D eigenvalue weighted by molar-refractivity contribution is 6.30. The first-order chi connectivity index (χ1) is 19.6. The molecule has 5 aromatic rings. The van der Waals surface area contributed by atoms with Crippen molar-refractivity contribution in [3.63, 3.8) is 0 Å². The van der Waals surface area contributed by atoms with Crippen LogP contribution >= 0.6 is 11.6 Å². The van der Waals surface area contributed by atoms with Crippen molar-refractivity contribution >= 4 is 40.4 Å². The minimum atomic E-state index is -0.00705. The monoisotopic (exact) mass is 549 g/mol. The molecule has 6 rings (SSSR count). The molecule has 0 bridgehead atoms. The zero-order valence-corrected chi connectivity index (χ0v) is 22.8. The standard InChI is InChI=1S/C32H28ClN5O2/c1-40-27-12-5-7-23(19-27)13-14-29(39)36-15-17-37(18-16-36)31-30-28(24-8-3-2-4-9-24)21-38(32(30)35-22-34-31)26-11-6-10-25(33)20-26/h2-14,19-22H,15-18H2,1H3/b14-13+. The predicted octanol–water partition coefficient (Wildman–Crippen LogP) is 6.11. The number of aromatic nitrogens is 3. The summed E-state index contributed by atoms with van der Waals surface area (Å²) in [6.45, 7) is 2.54. The van der Waals surface area contributed by atoms with Crippen LogP contribution in [0.25, 0.3) is 33.9 Å². The average Bonchev–Trinajstić information content (AvgIpc) is 3.41. The molecule has 7 nitrogen and oxygen atoms in total. The lowest BCUT2D eigenvalue weighted by Gasteiger charge is -2.35. The first-order valence-corrected chi connectivity index (χ1v) is 13.5. The van der Waals surface area contributed by atoms with Crippen LogP contribution in [0.2, 0.25) is 5.02 Å². The fourth-order valence-electron chi connectivity index (χ4n) is 5.10. The van der Waals surface area contributed by atoms with E-state index in [0.29, 0.717) is 31.2 Å². The van der Waals surface area contributed by atoms with Gasteiger partial charge < -0.3 is 19.1 Å². The Bertz CT molecular complexity index is 1690. The Balaban J connectivity index is 1.29. The van der Waals surface area contributed by atoms with Crippen molar-refractivity contribution in [1.29, 1.82) is 0 Å². The number of anilines is 1. The van der Waals surface area contributed by atoms with Gasteiger partial charge in [0, 0.05) is 54.7 Å². The number of ether oxygens (including phenoxy) is 1. The van der Waals surface area contributed by atoms with E-state index in [2.05, 4.69) is 27.8 Å². The van der Waals surface area contributed by atoms with Gasteiger partial charge in [0.2, 0.25) is 5.91 Å². The van der Waals surface area contributed by atoms with E-state index in [1.807, 2.05) is 77.7 Å². The van der Waals surface area contributed by atoms with Gasteiger partial charge in [-0.05, 0) is 47.5 Å². The van der Waals surface area contributed by atoms with Crippen LogP contribution in [0, 0.1) is 0 Å². The summed E-state index contributed by atoms with van der Waals surface area (Å²) in [6.07, 6.45) is 7.18. The van der Waals surface area contributed by atoms with E-state index in [1.165, 1.54) is 0 Å². The van der Waals surface area contributed by atoms with Crippen molar-refractivity contribution in [2.45, 2.75) is 0 Å². The number of hydrogen-bond donors (Lipinski definition) is 0. The molecule has 1 saturated heterocycles. The van der Waals surface area contributed by atoms with Gasteiger partial charge in [0.1, 0.15) is 17.9 Å². The number of methoxy groups -OCH3 is 1. The number of rotatable bonds is 6. The molecule has 0 radical (unpaired) electrons. The molecule has 2 aromatic heterocycles. The first kappa shape index (κ1) is 25.6. The molecular weight excluding hydrogens is 522 g/mol. The number of halogens is 1. The summed E-state index contributed by atoms with van der Waals surface area (Å²) < 4.78 is 7.35. The van der Waals surface area contributed by atoms with Gasteiger partial charge in [-0.3, -0.25) is 4.79 Å². The van der Waals surface area contributed by atoms with Crippen LogP contribution in [-0.4, -0.2) is 58.6 Å². The summed E-state index contributed by atoms with van der Waals surface area (Å²) in [5, 5.41) is 1.64. The van der Waals surface area contributed by atoms with Gasteiger partial charge >= 0.3 is 0 Å². The summed E-state index contributed by atoms with van der Waals surface area (Å²) in [4.78, 5) is 26.5. The molecule has 40 heavy (non-hydrogen) atoms. The SMILES string of the molecule is COc1cccc(/C=C/C(=O)N2CCN(c3ncnc4c3c(-c3ccccc3)cn4-c3cccc(Cl)c3)CC2)c1. The minimum Gasteiger partial charge on any atom is -0.497 e. The van der Waals surface area contributed by atoms with Crippen LogP contribution in [0.1, 0.15) is 5.56 Å². The van der Waals surface area contributed by atoms with Gasteiger partial charge in [0.05, 0.1) is 12.5 Å². The summed E-state index contributed by atoms with van der Waals surface area (Å²) in [5.74, 6) is 1.62. The highest BCUT2D eigenvalue weighted by Gasteiger charge is 2.25. The second-order valence-corrected chi connectivity index (χ2v) is 10.0. The maximum Gasteiger partial charge on any atom is 0.246 e. The first-order valence-electron chi connectivity index (χ1n) is 13.1. The predicted molar refractivity (Wildman–Crippen MR) is 160 cm³/mol. The highest BCUT2D eigenvalue weighted by atomic mass is 35.5. The lowest BCUT2D eigenvalue weighted by atomic mass is 10.1. The molecule has 8 heteroatoms. The number of carbonyl (C=O) groups excluding carboxylic acids is 1. The number of piperazine rings is 1. The van der Waals surface area contributed by atoms with E-state index < -0.39 is 0 Å². The van der Waals surface area contributed by atoms with Crippen molar-refractivity contribution in [3.8, 4) is 22.6 Å². The van der Waals surface area contributed by atoms with Crippen molar-refractivity contribution in [1.82, 2.24) is 19.4 Å². The molecule has 0 N–H and O–H groups in total. The molecule has 1 aliphatic rings. The molecule has 1 fully saturated rings. The molecule has 1 aliphatic heterocycles. The van der Waals surface area contributed by atoms with Gasteiger partial charge in [-0.2, -0.15) is 0 Å². The number of benzene rings is 3. The summed E-state index contributed by atoms with van der Waals surface area (Å²) >= 11 is 6.34. The molecular formula is C32H28ClN5O2. The molecule has 0 unspecified atom stereocenters. The van der Waals surface area contributed by atoms with Crippen LogP contribution in [0.4, 0.5) is 5.82 Å². The average molecular weight is 550 g/mol. The zero-order chi connectivity index (χ0) is 27.5. The van der Waals surface area contributed by atoms with Gasteiger partial charge in [-0.15, -0.1) is 0 Å². The summed E-state index contributed by atoms with van der Waals surface area (Å²) in [7, 11) is 1.63. The van der Waals surface area contributed by atoms with Crippen molar-refractivity contribution in [3.05, 3.63) is 108 Å². The van der Waals surface area contributed by atoms with E-state index in [0.717, 1.165) is 45.0 Å². The van der Waals surface area contributed by atoms with Crippen molar-refractivity contribution < 1.29 is 9.53 Å². The topological polar surface area (TPSA) is 63.5 Å². The highest BCUT2D eigenvalue weighted by Crippen LogP contribution is 2.37. The fraction of sp³-hybridized carbons (Fsp3) is 0.156. The maximum absolute atomic E-state index is 13.0. The third-order valence-corrected chi connectivity index (χ3v) is 7.37.